The van der Waals surface area contributed by atoms with Crippen molar-refractivity contribution in [3.05, 3.63) is 41.7 Å². The zero-order valence-corrected chi connectivity index (χ0v) is 16.4. The van der Waals surface area contributed by atoms with Gasteiger partial charge in [0.15, 0.2) is 0 Å². The Kier molecular flexibility index (Phi) is 5.17. The first-order chi connectivity index (χ1) is 13.2. The van der Waals surface area contributed by atoms with Crippen molar-refractivity contribution in [1.82, 2.24) is 25.2 Å². The molecule has 148 valence electrons. The molecule has 0 aliphatic carbocycles. The number of urea groups is 1. The third-order valence-corrected chi connectivity index (χ3v) is 4.48. The summed E-state index contributed by atoms with van der Waals surface area (Å²) in [6.07, 6.45) is 1.76. The quantitative estimate of drug-likeness (QED) is 0.739. The van der Waals surface area contributed by atoms with E-state index in [-0.39, 0.29) is 30.8 Å². The lowest BCUT2D eigenvalue weighted by molar-refractivity contribution is -0.130. The van der Waals surface area contributed by atoms with Gasteiger partial charge in [0.2, 0.25) is 5.91 Å². The van der Waals surface area contributed by atoms with Crippen molar-refractivity contribution in [2.45, 2.75) is 52.2 Å². The van der Waals surface area contributed by atoms with Gasteiger partial charge in [-0.1, -0.05) is 31.2 Å². The van der Waals surface area contributed by atoms with Gasteiger partial charge in [0.1, 0.15) is 12.1 Å². The van der Waals surface area contributed by atoms with Crippen LogP contribution in [-0.2, 0) is 22.7 Å². The molecule has 1 aliphatic heterocycles. The molecule has 1 saturated heterocycles. The van der Waals surface area contributed by atoms with E-state index in [1.54, 1.807) is 44.3 Å². The molecule has 0 atom stereocenters. The molecule has 0 saturated carbocycles. The second kappa shape index (κ2) is 7.41. The summed E-state index contributed by atoms with van der Waals surface area (Å²) in [5, 5.41) is 13.4. The standard InChI is InChI=1S/C19H24N6O3/c1-12(2)15-10-24(23-22-15)11-16(26)20-14-7-5-13(6-8-14)9-25-17(27)19(3,4)21-18(25)28/h5-8,10,12H,9,11H2,1-4H3,(H,20,26)(H,21,28). The van der Waals surface area contributed by atoms with Gasteiger partial charge in [0.05, 0.1) is 12.2 Å². The van der Waals surface area contributed by atoms with Crippen LogP contribution in [-0.4, -0.2) is 43.3 Å². The van der Waals surface area contributed by atoms with Crippen molar-refractivity contribution < 1.29 is 14.4 Å². The largest absolute Gasteiger partial charge is 0.325 e. The van der Waals surface area contributed by atoms with Crippen LogP contribution >= 0.6 is 0 Å². The van der Waals surface area contributed by atoms with Crippen molar-refractivity contribution in [3.8, 4) is 0 Å². The topological polar surface area (TPSA) is 109 Å². The summed E-state index contributed by atoms with van der Waals surface area (Å²) in [6.45, 7) is 7.61. The predicted octanol–water partition coefficient (Wildman–Crippen LogP) is 1.87. The van der Waals surface area contributed by atoms with Crippen molar-refractivity contribution in [1.29, 1.82) is 0 Å². The Morgan fingerprint density at radius 2 is 1.89 bits per heavy atom. The van der Waals surface area contributed by atoms with E-state index in [1.165, 1.54) is 9.58 Å². The zero-order chi connectivity index (χ0) is 20.5. The molecule has 2 aromatic rings. The van der Waals surface area contributed by atoms with E-state index in [1.807, 2.05) is 13.8 Å². The normalized spacial score (nSPS) is 15.8. The maximum absolute atomic E-state index is 12.2. The minimum Gasteiger partial charge on any atom is -0.324 e. The molecular weight excluding hydrogens is 360 g/mol. The fourth-order valence-electron chi connectivity index (χ4n) is 2.84. The summed E-state index contributed by atoms with van der Waals surface area (Å²) < 4.78 is 1.50. The first-order valence-electron chi connectivity index (χ1n) is 9.08. The van der Waals surface area contributed by atoms with Gasteiger partial charge in [-0.05, 0) is 37.5 Å². The third-order valence-electron chi connectivity index (χ3n) is 4.48. The van der Waals surface area contributed by atoms with E-state index in [0.29, 0.717) is 5.69 Å². The van der Waals surface area contributed by atoms with Crippen molar-refractivity contribution >= 4 is 23.5 Å². The summed E-state index contributed by atoms with van der Waals surface area (Å²) in [6, 6.07) is 6.61. The van der Waals surface area contributed by atoms with Gasteiger partial charge < -0.3 is 10.6 Å². The molecule has 1 aliphatic rings. The molecule has 1 aromatic carbocycles. The molecule has 9 heteroatoms. The number of imide groups is 1. The molecule has 9 nitrogen and oxygen atoms in total. The monoisotopic (exact) mass is 384 g/mol. The third kappa shape index (κ3) is 4.19. The highest BCUT2D eigenvalue weighted by Gasteiger charge is 2.43. The van der Waals surface area contributed by atoms with Crippen LogP contribution in [0.15, 0.2) is 30.5 Å². The van der Waals surface area contributed by atoms with Gasteiger partial charge in [-0.2, -0.15) is 0 Å². The highest BCUT2D eigenvalue weighted by atomic mass is 16.2. The van der Waals surface area contributed by atoms with Crippen LogP contribution in [0, 0.1) is 0 Å². The van der Waals surface area contributed by atoms with Crippen LogP contribution in [0.25, 0.3) is 0 Å². The van der Waals surface area contributed by atoms with Crippen molar-refractivity contribution in [2.75, 3.05) is 5.32 Å². The van der Waals surface area contributed by atoms with Crippen LogP contribution in [0.5, 0.6) is 0 Å². The van der Waals surface area contributed by atoms with Gasteiger partial charge in [0, 0.05) is 11.9 Å². The highest BCUT2D eigenvalue weighted by Crippen LogP contribution is 2.20. The van der Waals surface area contributed by atoms with Gasteiger partial charge in [-0.25, -0.2) is 9.48 Å². The molecule has 4 amide bonds. The summed E-state index contributed by atoms with van der Waals surface area (Å²) in [7, 11) is 0. The van der Waals surface area contributed by atoms with Crippen LogP contribution in [0.3, 0.4) is 0 Å². The Morgan fingerprint density at radius 1 is 1.21 bits per heavy atom. The lowest BCUT2D eigenvalue weighted by atomic mass is 10.1. The zero-order valence-electron chi connectivity index (χ0n) is 16.4. The van der Waals surface area contributed by atoms with E-state index in [4.69, 9.17) is 0 Å². The SMILES string of the molecule is CC(C)c1cn(CC(=O)Nc2ccc(CN3C(=O)NC(C)(C)C3=O)cc2)nn1. The summed E-state index contributed by atoms with van der Waals surface area (Å²) >= 11 is 0. The highest BCUT2D eigenvalue weighted by molar-refractivity contribution is 6.06. The fraction of sp³-hybridized carbons (Fsp3) is 0.421. The number of aromatic nitrogens is 3. The Balaban J connectivity index is 1.57. The molecule has 2 N–H and O–H groups in total. The number of hydrogen-bond donors (Lipinski definition) is 2. The van der Waals surface area contributed by atoms with Crippen molar-refractivity contribution in [3.63, 3.8) is 0 Å². The van der Waals surface area contributed by atoms with Crippen LogP contribution in [0.1, 0.15) is 44.9 Å². The second-order valence-corrected chi connectivity index (χ2v) is 7.69. The van der Waals surface area contributed by atoms with E-state index < -0.39 is 11.6 Å². The summed E-state index contributed by atoms with van der Waals surface area (Å²) in [4.78, 5) is 37.6. The number of anilines is 1. The van der Waals surface area contributed by atoms with E-state index in [2.05, 4.69) is 20.9 Å². The van der Waals surface area contributed by atoms with Crippen LogP contribution < -0.4 is 10.6 Å². The minimum atomic E-state index is -0.887. The second-order valence-electron chi connectivity index (χ2n) is 7.69. The van der Waals surface area contributed by atoms with Crippen LogP contribution in [0.4, 0.5) is 10.5 Å². The van der Waals surface area contributed by atoms with Crippen LogP contribution in [0.2, 0.25) is 0 Å². The number of amides is 4. The number of carbonyl (C=O) groups excluding carboxylic acids is 3. The van der Waals surface area contributed by atoms with E-state index in [9.17, 15) is 14.4 Å². The average molecular weight is 384 g/mol. The maximum Gasteiger partial charge on any atom is 0.325 e. The molecular formula is C19H24N6O3. The summed E-state index contributed by atoms with van der Waals surface area (Å²) in [5.74, 6) is -0.230. The van der Waals surface area contributed by atoms with Gasteiger partial charge in [-0.3, -0.25) is 14.5 Å². The van der Waals surface area contributed by atoms with Gasteiger partial charge in [-0.15, -0.1) is 5.10 Å². The Hall–Kier alpha value is -3.23. The van der Waals surface area contributed by atoms with Gasteiger partial charge in [0.25, 0.3) is 5.91 Å². The van der Waals surface area contributed by atoms with Crippen molar-refractivity contribution in [2.24, 2.45) is 0 Å². The number of carbonyl (C=O) groups is 3. The summed E-state index contributed by atoms with van der Waals surface area (Å²) in [5.41, 5.74) is 1.36. The number of rotatable bonds is 6. The Morgan fingerprint density at radius 3 is 2.43 bits per heavy atom. The molecule has 2 heterocycles. The molecule has 0 bridgehead atoms. The maximum atomic E-state index is 12.2. The lowest BCUT2D eigenvalue weighted by Gasteiger charge is -2.16. The Labute approximate surface area is 163 Å². The first-order valence-corrected chi connectivity index (χ1v) is 9.08. The lowest BCUT2D eigenvalue weighted by Crippen LogP contribution is -2.40. The number of nitrogens with one attached hydrogen (secondary N) is 2. The smallest absolute Gasteiger partial charge is 0.324 e. The fourth-order valence-corrected chi connectivity index (χ4v) is 2.84. The molecule has 0 unspecified atom stereocenters. The number of benzene rings is 1. The minimum absolute atomic E-state index is 0.0685. The number of nitrogens with zero attached hydrogens (tertiary/aromatic N) is 4. The average Bonchev–Trinajstić information content (AvgIpc) is 3.15. The first kappa shape index (κ1) is 19.5. The molecule has 0 radical (unpaired) electrons. The molecule has 0 spiro atoms. The number of hydrogen-bond acceptors (Lipinski definition) is 5. The molecule has 1 fully saturated rings. The molecule has 3 rings (SSSR count). The molecule has 1 aromatic heterocycles. The Bertz CT molecular complexity index is 901. The van der Waals surface area contributed by atoms with E-state index in [0.717, 1.165) is 11.3 Å². The van der Waals surface area contributed by atoms with Gasteiger partial charge >= 0.3 is 6.03 Å². The predicted molar refractivity (Wildman–Crippen MR) is 102 cm³/mol. The molecule has 28 heavy (non-hydrogen) atoms. The van der Waals surface area contributed by atoms with E-state index >= 15 is 0 Å².